The molecule has 4 aromatic rings. The SMILES string of the molecule is C#CCN(Cc1cc2c(=O)[nH]c(C)nc2cc1Cl)c1ccc(C(=O)NC(CCc2nn[nH]n2)C(=O)O)cc1. The number of aliphatic carboxylic acids is 1. The van der Waals surface area contributed by atoms with Crippen LogP contribution in [0, 0.1) is 19.3 Å². The van der Waals surface area contributed by atoms with Crippen molar-refractivity contribution in [1.82, 2.24) is 35.9 Å². The van der Waals surface area contributed by atoms with E-state index in [0.717, 1.165) is 0 Å². The van der Waals surface area contributed by atoms with Crippen molar-refractivity contribution in [2.75, 3.05) is 11.4 Å². The highest BCUT2D eigenvalue weighted by molar-refractivity contribution is 6.32. The van der Waals surface area contributed by atoms with E-state index in [0.29, 0.717) is 45.4 Å². The molecule has 2 aromatic carbocycles. The molecule has 38 heavy (non-hydrogen) atoms. The fourth-order valence-corrected chi connectivity index (χ4v) is 4.10. The van der Waals surface area contributed by atoms with Gasteiger partial charge in [0, 0.05) is 29.2 Å². The molecule has 194 valence electrons. The van der Waals surface area contributed by atoms with E-state index in [1.165, 1.54) is 0 Å². The Morgan fingerprint density at radius 1 is 1.26 bits per heavy atom. The van der Waals surface area contributed by atoms with Gasteiger partial charge in [0.05, 0.1) is 17.4 Å². The standard InChI is InChI=1S/C25H23ClN8O4/c1-3-10-34(13-16-11-18-21(12-19(16)26)27-14(2)28-24(18)36)17-6-4-15(5-7-17)23(35)29-20(25(37)38)8-9-22-30-32-33-31-22/h1,4-7,11-12,20H,8-10,13H2,2H3,(H,29,35)(H,37,38)(H,27,28,36)(H,30,31,32,33). The third kappa shape index (κ3) is 6.13. The number of carbonyl (C=O) groups is 2. The molecule has 0 radical (unpaired) electrons. The summed E-state index contributed by atoms with van der Waals surface area (Å²) >= 11 is 6.49. The van der Waals surface area contributed by atoms with Crippen LogP contribution in [0.3, 0.4) is 0 Å². The van der Waals surface area contributed by atoms with Crippen LogP contribution in [0.2, 0.25) is 5.02 Å². The molecule has 2 heterocycles. The molecule has 0 aliphatic heterocycles. The Morgan fingerprint density at radius 2 is 2.03 bits per heavy atom. The maximum atomic E-state index is 12.7. The van der Waals surface area contributed by atoms with Crippen LogP contribution in [-0.2, 0) is 17.8 Å². The second-order valence-corrected chi connectivity index (χ2v) is 8.86. The third-order valence-corrected chi connectivity index (χ3v) is 6.13. The minimum atomic E-state index is -1.17. The predicted molar refractivity (Wildman–Crippen MR) is 140 cm³/mol. The number of nitrogens with one attached hydrogen (secondary N) is 3. The molecule has 0 aliphatic carbocycles. The van der Waals surface area contributed by atoms with Gasteiger partial charge in [0.15, 0.2) is 5.82 Å². The zero-order valence-electron chi connectivity index (χ0n) is 20.2. The molecular formula is C25H23ClN8O4. The lowest BCUT2D eigenvalue weighted by molar-refractivity contribution is -0.139. The number of H-pyrrole nitrogens is 2. The Labute approximate surface area is 221 Å². The Bertz CT molecular complexity index is 1560. The number of tetrazole rings is 1. The molecule has 12 nitrogen and oxygen atoms in total. The Kier molecular flexibility index (Phi) is 7.98. The zero-order chi connectivity index (χ0) is 27.2. The summed E-state index contributed by atoms with van der Waals surface area (Å²) in [6.45, 7) is 2.23. The topological polar surface area (TPSA) is 170 Å². The molecule has 0 aliphatic rings. The molecule has 0 fully saturated rings. The number of carboxylic acid groups (broad SMARTS) is 1. The van der Waals surface area contributed by atoms with Gasteiger partial charge in [-0.2, -0.15) is 5.21 Å². The van der Waals surface area contributed by atoms with E-state index < -0.39 is 17.9 Å². The van der Waals surface area contributed by atoms with E-state index in [9.17, 15) is 19.5 Å². The highest BCUT2D eigenvalue weighted by atomic mass is 35.5. The van der Waals surface area contributed by atoms with Gasteiger partial charge in [0.2, 0.25) is 0 Å². The lowest BCUT2D eigenvalue weighted by Gasteiger charge is -2.23. The van der Waals surface area contributed by atoms with Crippen molar-refractivity contribution in [2.45, 2.75) is 32.4 Å². The molecule has 1 amide bonds. The molecule has 0 saturated carbocycles. The van der Waals surface area contributed by atoms with Crippen LogP contribution in [0.1, 0.15) is 34.0 Å². The number of aromatic amines is 2. The number of hydrogen-bond donors (Lipinski definition) is 4. The van der Waals surface area contributed by atoms with Gasteiger partial charge < -0.3 is 20.3 Å². The van der Waals surface area contributed by atoms with Gasteiger partial charge in [-0.3, -0.25) is 9.59 Å². The summed E-state index contributed by atoms with van der Waals surface area (Å²) in [7, 11) is 0. The predicted octanol–water partition coefficient (Wildman–Crippen LogP) is 1.85. The third-order valence-electron chi connectivity index (χ3n) is 5.78. The van der Waals surface area contributed by atoms with Crippen molar-refractivity contribution in [3.8, 4) is 12.3 Å². The van der Waals surface area contributed by atoms with Crippen LogP contribution in [-0.4, -0.2) is 60.2 Å². The van der Waals surface area contributed by atoms with Gasteiger partial charge in [-0.05, 0) is 55.3 Å². The summed E-state index contributed by atoms with van der Waals surface area (Å²) in [4.78, 5) is 45.6. The summed E-state index contributed by atoms with van der Waals surface area (Å²) < 4.78 is 0. The largest absolute Gasteiger partial charge is 0.480 e. The molecule has 0 bridgehead atoms. The van der Waals surface area contributed by atoms with Crippen LogP contribution in [0.4, 0.5) is 5.69 Å². The summed E-state index contributed by atoms with van der Waals surface area (Å²) in [5.41, 5.74) is 1.89. The minimum Gasteiger partial charge on any atom is -0.480 e. The molecule has 1 atom stereocenters. The first-order chi connectivity index (χ1) is 18.2. The van der Waals surface area contributed by atoms with Gasteiger partial charge in [0.1, 0.15) is 11.9 Å². The Balaban J connectivity index is 1.49. The van der Waals surface area contributed by atoms with Crippen LogP contribution in [0.25, 0.3) is 10.9 Å². The van der Waals surface area contributed by atoms with E-state index in [-0.39, 0.29) is 30.5 Å². The van der Waals surface area contributed by atoms with Crippen LogP contribution >= 0.6 is 11.6 Å². The molecule has 0 saturated heterocycles. The highest BCUT2D eigenvalue weighted by Crippen LogP contribution is 2.25. The number of anilines is 1. The molecule has 1 unspecified atom stereocenters. The van der Waals surface area contributed by atoms with Crippen molar-refractivity contribution in [1.29, 1.82) is 0 Å². The number of fused-ring (bicyclic) bond motifs is 1. The lowest BCUT2D eigenvalue weighted by Crippen LogP contribution is -2.41. The quantitative estimate of drug-likeness (QED) is 0.222. The number of carbonyl (C=O) groups excluding carboxylic acids is 1. The van der Waals surface area contributed by atoms with Crippen LogP contribution in [0.5, 0.6) is 0 Å². The molecule has 2 aromatic heterocycles. The van der Waals surface area contributed by atoms with Gasteiger partial charge in [-0.1, -0.05) is 22.7 Å². The van der Waals surface area contributed by atoms with Gasteiger partial charge in [-0.15, -0.1) is 16.6 Å². The number of hydrogen-bond acceptors (Lipinski definition) is 8. The van der Waals surface area contributed by atoms with Crippen molar-refractivity contribution in [3.63, 3.8) is 0 Å². The Morgan fingerprint density at radius 3 is 2.68 bits per heavy atom. The van der Waals surface area contributed by atoms with Crippen molar-refractivity contribution in [3.05, 3.63) is 74.6 Å². The first-order valence-electron chi connectivity index (χ1n) is 11.5. The maximum Gasteiger partial charge on any atom is 0.326 e. The van der Waals surface area contributed by atoms with Crippen LogP contribution < -0.4 is 15.8 Å². The fourth-order valence-electron chi connectivity index (χ4n) is 3.88. The maximum absolute atomic E-state index is 12.7. The number of nitrogens with zero attached hydrogens (tertiary/aromatic N) is 5. The van der Waals surface area contributed by atoms with Crippen molar-refractivity contribution >= 4 is 40.1 Å². The monoisotopic (exact) mass is 534 g/mol. The average Bonchev–Trinajstić information content (AvgIpc) is 3.40. The summed E-state index contributed by atoms with van der Waals surface area (Å²) in [5, 5.41) is 26.2. The van der Waals surface area contributed by atoms with Crippen LogP contribution in [0.15, 0.2) is 41.2 Å². The smallest absolute Gasteiger partial charge is 0.326 e. The van der Waals surface area contributed by atoms with Crippen molar-refractivity contribution in [2.24, 2.45) is 0 Å². The first kappa shape index (κ1) is 26.3. The molecule has 4 rings (SSSR count). The van der Waals surface area contributed by atoms with Gasteiger partial charge >= 0.3 is 5.97 Å². The number of rotatable bonds is 10. The number of benzene rings is 2. The Hall–Kier alpha value is -4.76. The zero-order valence-corrected chi connectivity index (χ0v) is 21.0. The second-order valence-electron chi connectivity index (χ2n) is 8.45. The van der Waals surface area contributed by atoms with E-state index in [1.54, 1.807) is 43.3 Å². The van der Waals surface area contributed by atoms with E-state index in [2.05, 4.69) is 41.8 Å². The number of carboxylic acids is 1. The minimum absolute atomic E-state index is 0.0963. The van der Waals surface area contributed by atoms with Crippen molar-refractivity contribution < 1.29 is 14.7 Å². The lowest BCUT2D eigenvalue weighted by atomic mass is 10.1. The summed E-state index contributed by atoms with van der Waals surface area (Å²) in [6.07, 6.45) is 5.92. The first-order valence-corrected chi connectivity index (χ1v) is 11.9. The summed E-state index contributed by atoms with van der Waals surface area (Å²) in [5.74, 6) is 1.74. The second kappa shape index (κ2) is 11.5. The van der Waals surface area contributed by atoms with E-state index in [4.69, 9.17) is 18.0 Å². The number of amides is 1. The number of terminal acetylenes is 1. The normalized spacial score (nSPS) is 11.6. The molecular weight excluding hydrogens is 512 g/mol. The number of aryl methyl sites for hydroxylation is 2. The number of halogens is 1. The van der Waals surface area contributed by atoms with Gasteiger partial charge in [-0.25, -0.2) is 9.78 Å². The van der Waals surface area contributed by atoms with E-state index in [1.807, 2.05) is 4.90 Å². The average molecular weight is 535 g/mol. The fraction of sp³-hybridized carbons (Fsp3) is 0.240. The molecule has 0 spiro atoms. The van der Waals surface area contributed by atoms with E-state index >= 15 is 0 Å². The summed E-state index contributed by atoms with van der Waals surface area (Å²) in [6, 6.07) is 8.76. The molecule has 13 heteroatoms. The number of aromatic nitrogens is 6. The highest BCUT2D eigenvalue weighted by Gasteiger charge is 2.22. The van der Waals surface area contributed by atoms with Gasteiger partial charge in [0.25, 0.3) is 11.5 Å². The molecule has 4 N–H and O–H groups in total.